The number of carbonyl (C=O) groups excluding carboxylic acids is 1. The third kappa shape index (κ3) is 4.93. The summed E-state index contributed by atoms with van der Waals surface area (Å²) in [4.78, 5) is 18.8. The normalized spacial score (nSPS) is 19.4. The molecule has 2 aromatic rings. The zero-order chi connectivity index (χ0) is 21.0. The molecule has 164 valence electrons. The van der Waals surface area contributed by atoms with Crippen LogP contribution in [-0.2, 0) is 24.2 Å². The Bertz CT molecular complexity index is 923. The second-order valence-electron chi connectivity index (χ2n) is 9.01. The number of carbonyl (C=O) groups is 1. The Hall–Kier alpha value is -1.98. The van der Waals surface area contributed by atoms with Crippen LogP contribution >= 0.6 is 11.8 Å². The molecule has 5 heteroatoms. The average Bonchev–Trinajstić information content (AvgIpc) is 3.18. The molecule has 5 rings (SSSR count). The van der Waals surface area contributed by atoms with Crippen molar-refractivity contribution in [3.8, 4) is 5.75 Å². The van der Waals surface area contributed by atoms with Gasteiger partial charge in [0.2, 0.25) is 5.91 Å². The largest absolute Gasteiger partial charge is 0.493 e. The number of nitrogens with zero attached hydrogens (tertiary/aromatic N) is 2. The maximum atomic E-state index is 12.9. The summed E-state index contributed by atoms with van der Waals surface area (Å²) in [5.41, 5.74) is 4.06. The van der Waals surface area contributed by atoms with Crippen LogP contribution in [0.4, 0.5) is 0 Å². The van der Waals surface area contributed by atoms with Crippen LogP contribution < -0.4 is 4.74 Å². The second-order valence-corrected chi connectivity index (χ2v) is 10.2. The molecule has 0 atom stereocenters. The van der Waals surface area contributed by atoms with Crippen molar-refractivity contribution in [2.24, 2.45) is 5.92 Å². The van der Waals surface area contributed by atoms with E-state index in [1.165, 1.54) is 34.4 Å². The highest BCUT2D eigenvalue weighted by molar-refractivity contribution is 7.99. The van der Waals surface area contributed by atoms with Crippen molar-refractivity contribution in [1.29, 1.82) is 0 Å². The number of fused-ring (bicyclic) bond motifs is 2. The third-order valence-corrected chi connectivity index (χ3v) is 8.05. The van der Waals surface area contributed by atoms with Crippen molar-refractivity contribution in [3.63, 3.8) is 0 Å². The number of hydrogen-bond donors (Lipinski definition) is 0. The quantitative estimate of drug-likeness (QED) is 0.696. The highest BCUT2D eigenvalue weighted by Gasteiger charge is 2.24. The Morgan fingerprint density at radius 1 is 1.03 bits per heavy atom. The van der Waals surface area contributed by atoms with E-state index in [9.17, 15) is 4.79 Å². The average molecular weight is 437 g/mol. The van der Waals surface area contributed by atoms with Crippen molar-refractivity contribution >= 4 is 17.7 Å². The summed E-state index contributed by atoms with van der Waals surface area (Å²) in [5, 5.41) is 0. The molecular formula is C26H32N2O2S. The van der Waals surface area contributed by atoms with Gasteiger partial charge in [0.25, 0.3) is 0 Å². The molecular weight excluding hydrogens is 404 g/mol. The van der Waals surface area contributed by atoms with Gasteiger partial charge in [0.1, 0.15) is 5.75 Å². The van der Waals surface area contributed by atoms with Crippen LogP contribution in [-0.4, -0.2) is 54.2 Å². The van der Waals surface area contributed by atoms with Crippen LogP contribution in [0, 0.1) is 5.92 Å². The fraction of sp³-hybridized carbons (Fsp3) is 0.500. The minimum absolute atomic E-state index is 0.302. The lowest BCUT2D eigenvalue weighted by Crippen LogP contribution is -2.38. The molecule has 1 saturated heterocycles. The van der Waals surface area contributed by atoms with E-state index in [-0.39, 0.29) is 0 Å². The molecule has 3 aliphatic rings. The van der Waals surface area contributed by atoms with E-state index >= 15 is 0 Å². The van der Waals surface area contributed by atoms with Crippen LogP contribution in [0.15, 0.2) is 47.4 Å². The molecule has 0 radical (unpaired) electrons. The molecule has 3 heterocycles. The SMILES string of the molecule is O=C(CCN1CCC(Cc2cccc3c2OCC3)CC1)N1CCSc2ccccc2C1. The topological polar surface area (TPSA) is 32.8 Å². The number of likely N-dealkylation sites (tertiary alicyclic amines) is 1. The van der Waals surface area contributed by atoms with Gasteiger partial charge in [0.05, 0.1) is 6.61 Å². The molecule has 0 N–H and O–H groups in total. The zero-order valence-corrected chi connectivity index (χ0v) is 19.0. The van der Waals surface area contributed by atoms with Crippen LogP contribution in [0.25, 0.3) is 0 Å². The Morgan fingerprint density at radius 3 is 2.77 bits per heavy atom. The van der Waals surface area contributed by atoms with Gasteiger partial charge in [-0.15, -0.1) is 11.8 Å². The summed E-state index contributed by atoms with van der Waals surface area (Å²) in [7, 11) is 0. The van der Waals surface area contributed by atoms with E-state index in [2.05, 4.69) is 52.3 Å². The molecule has 0 aliphatic carbocycles. The molecule has 0 unspecified atom stereocenters. The Labute approximate surface area is 189 Å². The van der Waals surface area contributed by atoms with Gasteiger partial charge < -0.3 is 14.5 Å². The van der Waals surface area contributed by atoms with Crippen molar-refractivity contribution in [1.82, 2.24) is 9.80 Å². The summed E-state index contributed by atoms with van der Waals surface area (Å²) in [6.45, 7) is 5.54. The summed E-state index contributed by atoms with van der Waals surface area (Å²) >= 11 is 1.87. The minimum Gasteiger partial charge on any atom is -0.493 e. The summed E-state index contributed by atoms with van der Waals surface area (Å²) in [5.74, 6) is 3.17. The van der Waals surface area contributed by atoms with Crippen molar-refractivity contribution in [2.75, 3.05) is 38.5 Å². The van der Waals surface area contributed by atoms with E-state index in [0.717, 1.165) is 69.6 Å². The number of piperidine rings is 1. The molecule has 0 saturated carbocycles. The van der Waals surface area contributed by atoms with Gasteiger partial charge in [-0.25, -0.2) is 0 Å². The summed E-state index contributed by atoms with van der Waals surface area (Å²) < 4.78 is 5.89. The van der Waals surface area contributed by atoms with Crippen LogP contribution in [0.3, 0.4) is 0 Å². The van der Waals surface area contributed by atoms with Gasteiger partial charge in [-0.2, -0.15) is 0 Å². The first-order valence-electron chi connectivity index (χ1n) is 11.7. The molecule has 3 aliphatic heterocycles. The van der Waals surface area contributed by atoms with Crippen molar-refractivity contribution < 1.29 is 9.53 Å². The van der Waals surface area contributed by atoms with Gasteiger partial charge >= 0.3 is 0 Å². The fourth-order valence-electron chi connectivity index (χ4n) is 5.12. The Morgan fingerprint density at radius 2 is 1.87 bits per heavy atom. The molecule has 4 nitrogen and oxygen atoms in total. The second kappa shape index (κ2) is 9.66. The van der Waals surface area contributed by atoms with Gasteiger partial charge in [0.15, 0.2) is 0 Å². The van der Waals surface area contributed by atoms with Gasteiger partial charge in [0, 0.05) is 43.1 Å². The molecule has 0 aromatic heterocycles. The van der Waals surface area contributed by atoms with E-state index < -0.39 is 0 Å². The monoisotopic (exact) mass is 436 g/mol. The highest BCUT2D eigenvalue weighted by Crippen LogP contribution is 2.33. The molecule has 1 fully saturated rings. The first kappa shape index (κ1) is 20.9. The first-order valence-corrected chi connectivity index (χ1v) is 12.7. The molecule has 0 spiro atoms. The number of amides is 1. The minimum atomic E-state index is 0.302. The van der Waals surface area contributed by atoms with E-state index in [0.29, 0.717) is 12.3 Å². The molecule has 31 heavy (non-hydrogen) atoms. The number of para-hydroxylation sites is 1. The van der Waals surface area contributed by atoms with Crippen LogP contribution in [0.1, 0.15) is 36.0 Å². The van der Waals surface area contributed by atoms with E-state index in [1.807, 2.05) is 11.8 Å². The summed E-state index contributed by atoms with van der Waals surface area (Å²) in [6, 6.07) is 15.1. The number of ether oxygens (including phenoxy) is 1. The lowest BCUT2D eigenvalue weighted by Gasteiger charge is -2.32. The lowest BCUT2D eigenvalue weighted by atomic mass is 9.89. The maximum absolute atomic E-state index is 12.9. The Kier molecular flexibility index (Phi) is 6.51. The zero-order valence-electron chi connectivity index (χ0n) is 18.2. The number of rotatable bonds is 5. The van der Waals surface area contributed by atoms with Crippen molar-refractivity contribution in [3.05, 3.63) is 59.2 Å². The first-order chi connectivity index (χ1) is 15.3. The maximum Gasteiger partial charge on any atom is 0.224 e. The third-order valence-electron chi connectivity index (χ3n) is 6.96. The van der Waals surface area contributed by atoms with Crippen LogP contribution in [0.2, 0.25) is 0 Å². The van der Waals surface area contributed by atoms with Crippen LogP contribution in [0.5, 0.6) is 5.75 Å². The van der Waals surface area contributed by atoms with E-state index in [1.54, 1.807) is 0 Å². The number of thioether (sulfide) groups is 1. The van der Waals surface area contributed by atoms with E-state index in [4.69, 9.17) is 4.74 Å². The van der Waals surface area contributed by atoms with Crippen molar-refractivity contribution in [2.45, 2.75) is 43.5 Å². The predicted octanol–water partition coefficient (Wildman–Crippen LogP) is 4.40. The smallest absolute Gasteiger partial charge is 0.224 e. The van der Waals surface area contributed by atoms with Gasteiger partial charge in [-0.3, -0.25) is 4.79 Å². The Balaban J connectivity index is 1.08. The molecule has 2 aromatic carbocycles. The number of benzene rings is 2. The lowest BCUT2D eigenvalue weighted by molar-refractivity contribution is -0.132. The molecule has 0 bridgehead atoms. The number of hydrogen-bond acceptors (Lipinski definition) is 4. The van der Waals surface area contributed by atoms with Gasteiger partial charge in [-0.05, 0) is 61.0 Å². The predicted molar refractivity (Wildman–Crippen MR) is 126 cm³/mol. The molecule has 1 amide bonds. The fourth-order valence-corrected chi connectivity index (χ4v) is 6.14. The van der Waals surface area contributed by atoms with Gasteiger partial charge in [-0.1, -0.05) is 36.4 Å². The standard InChI is InChI=1S/C26H32N2O2S/c29-25(28-15-17-31-24-7-2-1-4-23(24)19-28)10-14-27-12-8-20(9-13-27)18-22-6-3-5-21-11-16-30-26(21)22/h1-7,20H,8-19H2. The highest BCUT2D eigenvalue weighted by atomic mass is 32.2. The summed E-state index contributed by atoms with van der Waals surface area (Å²) in [6.07, 6.45) is 5.24.